The Morgan fingerprint density at radius 2 is 2.10 bits per heavy atom. The van der Waals surface area contributed by atoms with Crippen LogP contribution in [0, 0.1) is 11.0 Å². The molecule has 1 aromatic heterocycles. The molecular weight excluding hydrogens is 299 g/mol. The van der Waals surface area contributed by atoms with E-state index in [-0.39, 0.29) is 11.8 Å². The Kier molecular flexibility index (Phi) is 3.72. The van der Waals surface area contributed by atoms with Crippen LogP contribution in [-0.2, 0) is 4.79 Å². The lowest BCUT2D eigenvalue weighted by Gasteiger charge is -2.15. The van der Waals surface area contributed by atoms with Gasteiger partial charge in [0.1, 0.15) is 0 Å². The second kappa shape index (κ2) is 5.50. The molecule has 20 heavy (non-hydrogen) atoms. The first-order valence-corrected chi connectivity index (χ1v) is 7.50. The number of thiazole rings is 1. The van der Waals surface area contributed by atoms with Crippen molar-refractivity contribution in [2.24, 2.45) is 5.92 Å². The number of hydrogen-bond acceptors (Lipinski definition) is 3. The molecule has 0 spiro atoms. The van der Waals surface area contributed by atoms with E-state index in [4.69, 9.17) is 11.6 Å². The van der Waals surface area contributed by atoms with Crippen LogP contribution in [0.4, 0.5) is 9.52 Å². The highest BCUT2D eigenvalue weighted by molar-refractivity contribution is 7.14. The molecule has 2 aromatic rings. The third kappa shape index (κ3) is 2.99. The number of nitrogens with one attached hydrogen (secondary N) is 1. The van der Waals surface area contributed by atoms with Crippen molar-refractivity contribution < 1.29 is 9.18 Å². The molecule has 0 radical (unpaired) electrons. The highest BCUT2D eigenvalue weighted by Gasteiger charge is 2.37. The van der Waals surface area contributed by atoms with E-state index >= 15 is 0 Å². The number of carbonyl (C=O) groups excluding carboxylic acids is 1. The van der Waals surface area contributed by atoms with E-state index < -0.39 is 5.13 Å². The van der Waals surface area contributed by atoms with Crippen molar-refractivity contribution in [1.29, 1.82) is 0 Å². The lowest BCUT2D eigenvalue weighted by Crippen LogP contribution is -2.22. The van der Waals surface area contributed by atoms with Gasteiger partial charge in [0.15, 0.2) is 10.3 Å². The smallest absolute Gasteiger partial charge is 0.233 e. The maximum absolute atomic E-state index is 12.9. The summed E-state index contributed by atoms with van der Waals surface area (Å²) in [4.78, 5) is 16.2. The maximum Gasteiger partial charge on any atom is 0.233 e. The van der Waals surface area contributed by atoms with Crippen LogP contribution in [-0.4, -0.2) is 10.9 Å². The molecule has 1 aliphatic carbocycles. The molecule has 3 nitrogen and oxygen atoms in total. The van der Waals surface area contributed by atoms with Gasteiger partial charge >= 0.3 is 0 Å². The Bertz CT molecular complexity index is 624. The zero-order valence-corrected chi connectivity index (χ0v) is 12.0. The van der Waals surface area contributed by atoms with Crippen LogP contribution >= 0.6 is 22.9 Å². The molecule has 1 fully saturated rings. The molecule has 1 N–H and O–H groups in total. The van der Waals surface area contributed by atoms with E-state index in [1.807, 2.05) is 12.1 Å². The molecule has 3 rings (SSSR count). The first-order valence-electron chi connectivity index (χ1n) is 6.31. The van der Waals surface area contributed by atoms with Crippen molar-refractivity contribution in [2.45, 2.75) is 18.8 Å². The number of aromatic nitrogens is 1. The summed E-state index contributed by atoms with van der Waals surface area (Å²) in [5, 5.41) is 3.23. The summed E-state index contributed by atoms with van der Waals surface area (Å²) in [6.45, 7) is 0. The van der Waals surface area contributed by atoms with Crippen LogP contribution in [0.3, 0.4) is 0 Å². The molecule has 1 aliphatic rings. The minimum atomic E-state index is -0.408. The van der Waals surface area contributed by atoms with Gasteiger partial charge in [0.05, 0.1) is 12.1 Å². The molecule has 0 aliphatic heterocycles. The number of carbonyl (C=O) groups is 1. The second-order valence-corrected chi connectivity index (χ2v) is 6.24. The van der Waals surface area contributed by atoms with E-state index in [1.165, 1.54) is 0 Å². The number of benzene rings is 1. The normalized spacial score (nSPS) is 15.9. The molecule has 0 bridgehead atoms. The average Bonchev–Trinajstić information content (AvgIpc) is 3.16. The fourth-order valence-electron chi connectivity index (χ4n) is 2.23. The number of rotatable bonds is 4. The summed E-state index contributed by atoms with van der Waals surface area (Å²) in [6, 6.07) is 7.30. The quantitative estimate of drug-likeness (QED) is 0.925. The maximum atomic E-state index is 12.9. The molecule has 104 valence electrons. The van der Waals surface area contributed by atoms with Crippen LogP contribution in [0.1, 0.15) is 24.3 Å². The van der Waals surface area contributed by atoms with Gasteiger partial charge in [0.25, 0.3) is 0 Å². The number of hydrogen-bond donors (Lipinski definition) is 1. The standard InChI is InChI=1S/C14H12ClFN2OS/c15-10-5-3-9(4-6-10)12(8-1-2-8)13(19)18-14-17-7-11(16)20-14/h3-8,12H,1-2H2,(H,17,18,19)/t12-/m0/s1. The van der Waals surface area contributed by atoms with Gasteiger partial charge in [-0.15, -0.1) is 0 Å². The van der Waals surface area contributed by atoms with Crippen molar-refractivity contribution in [3.05, 3.63) is 46.2 Å². The Hall–Kier alpha value is -1.46. The Labute approximate surface area is 124 Å². The molecule has 1 saturated carbocycles. The van der Waals surface area contributed by atoms with E-state index in [1.54, 1.807) is 12.1 Å². The van der Waals surface area contributed by atoms with Gasteiger partial charge in [0, 0.05) is 5.02 Å². The number of nitrogens with zero attached hydrogens (tertiary/aromatic N) is 1. The van der Waals surface area contributed by atoms with Crippen molar-refractivity contribution in [3.63, 3.8) is 0 Å². The second-order valence-electron chi connectivity index (χ2n) is 4.83. The van der Waals surface area contributed by atoms with E-state index in [0.717, 1.165) is 35.9 Å². The van der Waals surface area contributed by atoms with Crippen molar-refractivity contribution in [3.8, 4) is 0 Å². The minimum absolute atomic E-state index is 0.135. The summed E-state index contributed by atoms with van der Waals surface area (Å²) in [5.41, 5.74) is 0.937. The van der Waals surface area contributed by atoms with Gasteiger partial charge in [-0.2, -0.15) is 4.39 Å². The average molecular weight is 311 g/mol. The zero-order valence-electron chi connectivity index (χ0n) is 10.5. The fourth-order valence-corrected chi connectivity index (χ4v) is 2.91. The Morgan fingerprint density at radius 1 is 1.40 bits per heavy atom. The lowest BCUT2D eigenvalue weighted by atomic mass is 9.93. The van der Waals surface area contributed by atoms with Gasteiger partial charge < -0.3 is 5.32 Å². The number of anilines is 1. The highest BCUT2D eigenvalue weighted by atomic mass is 35.5. The molecule has 1 atom stereocenters. The summed E-state index contributed by atoms with van der Waals surface area (Å²) in [6.07, 6.45) is 3.18. The third-order valence-electron chi connectivity index (χ3n) is 3.31. The van der Waals surface area contributed by atoms with E-state index in [9.17, 15) is 9.18 Å². The molecule has 1 heterocycles. The first-order chi connectivity index (χ1) is 9.63. The summed E-state index contributed by atoms with van der Waals surface area (Å²) in [7, 11) is 0. The SMILES string of the molecule is O=C(Nc1ncc(F)s1)[C@H](c1ccc(Cl)cc1)C1CC1. The summed E-state index contributed by atoms with van der Waals surface area (Å²) >= 11 is 6.71. The molecule has 0 saturated heterocycles. The topological polar surface area (TPSA) is 42.0 Å². The highest BCUT2D eigenvalue weighted by Crippen LogP contribution is 2.43. The lowest BCUT2D eigenvalue weighted by molar-refractivity contribution is -0.118. The third-order valence-corrected chi connectivity index (χ3v) is 4.27. The van der Waals surface area contributed by atoms with Crippen LogP contribution in [0.15, 0.2) is 30.5 Å². The van der Waals surface area contributed by atoms with Crippen LogP contribution in [0.5, 0.6) is 0 Å². The summed E-state index contributed by atoms with van der Waals surface area (Å²) < 4.78 is 12.9. The van der Waals surface area contributed by atoms with Gasteiger partial charge in [-0.05, 0) is 36.5 Å². The number of amides is 1. The van der Waals surface area contributed by atoms with Gasteiger partial charge in [-0.25, -0.2) is 4.98 Å². The van der Waals surface area contributed by atoms with Crippen molar-refractivity contribution in [1.82, 2.24) is 4.98 Å². The minimum Gasteiger partial charge on any atom is -0.301 e. The molecule has 1 aromatic carbocycles. The fraction of sp³-hybridized carbons (Fsp3) is 0.286. The molecule has 6 heteroatoms. The largest absolute Gasteiger partial charge is 0.301 e. The summed E-state index contributed by atoms with van der Waals surface area (Å²) in [5.74, 6) is -0.00983. The predicted octanol–water partition coefficient (Wildman–Crippen LogP) is 4.07. The van der Waals surface area contributed by atoms with Gasteiger partial charge in [0.2, 0.25) is 5.91 Å². The van der Waals surface area contributed by atoms with E-state index in [0.29, 0.717) is 16.1 Å². The number of halogens is 2. The first kappa shape index (κ1) is 13.5. The predicted molar refractivity (Wildman–Crippen MR) is 77.6 cm³/mol. The Balaban J connectivity index is 1.79. The molecule has 1 amide bonds. The zero-order chi connectivity index (χ0) is 14.1. The Morgan fingerprint density at radius 3 is 2.65 bits per heavy atom. The van der Waals surface area contributed by atoms with Gasteiger partial charge in [-0.1, -0.05) is 35.1 Å². The monoisotopic (exact) mass is 310 g/mol. The molecular formula is C14H12ClFN2OS. The van der Waals surface area contributed by atoms with Gasteiger partial charge in [-0.3, -0.25) is 4.79 Å². The van der Waals surface area contributed by atoms with E-state index in [2.05, 4.69) is 10.3 Å². The van der Waals surface area contributed by atoms with Crippen LogP contribution < -0.4 is 5.32 Å². The van der Waals surface area contributed by atoms with Crippen molar-refractivity contribution >= 4 is 34.0 Å². The van der Waals surface area contributed by atoms with Crippen LogP contribution in [0.2, 0.25) is 5.02 Å². The molecule has 0 unspecified atom stereocenters. The van der Waals surface area contributed by atoms with Crippen molar-refractivity contribution in [2.75, 3.05) is 5.32 Å². The van der Waals surface area contributed by atoms with Crippen LogP contribution in [0.25, 0.3) is 0 Å².